The zero-order valence-electron chi connectivity index (χ0n) is 19.9. The maximum atomic E-state index is 14.1. The monoisotopic (exact) mass is 495 g/mol. The van der Waals surface area contributed by atoms with Crippen LogP contribution >= 0.6 is 0 Å². The standard InChI is InChI=1S/C28H21N3O6/c1-15(2)16-10-11-19-23(13-16)37-28(34)20-7-5-9-22(31(35)36)24(20)25(32)27(19,28)30-26(33)18-12-17-6-3-4-8-21(17)29-14-18/h3-15,34H,1-2H3,(H,30,33). The lowest BCUT2D eigenvalue weighted by Gasteiger charge is -2.34. The molecule has 3 aromatic carbocycles. The molecule has 9 nitrogen and oxygen atoms in total. The largest absolute Gasteiger partial charge is 0.454 e. The van der Waals surface area contributed by atoms with Gasteiger partial charge in [0.25, 0.3) is 17.4 Å². The van der Waals surface area contributed by atoms with E-state index in [1.807, 2.05) is 26.0 Å². The normalized spacial score (nSPS) is 21.4. The van der Waals surface area contributed by atoms with Crippen LogP contribution in [0.3, 0.4) is 0 Å². The number of nitrogens with one attached hydrogen (secondary N) is 1. The maximum Gasteiger partial charge on any atom is 0.280 e. The molecule has 1 amide bonds. The van der Waals surface area contributed by atoms with Gasteiger partial charge in [-0.1, -0.05) is 56.3 Å². The Bertz CT molecular complexity index is 1670. The average molecular weight is 495 g/mol. The summed E-state index contributed by atoms with van der Waals surface area (Å²) in [4.78, 5) is 43.2. The number of fused-ring (bicyclic) bond motifs is 6. The SMILES string of the molecule is CC(C)c1ccc2c(c1)OC1(O)c3cccc([N+](=O)[O-])c3C(=O)C21NC(=O)c1cnc2ccccc2c1. The number of amides is 1. The van der Waals surface area contributed by atoms with Crippen molar-refractivity contribution in [3.05, 3.63) is 111 Å². The third-order valence-electron chi connectivity index (χ3n) is 7.17. The van der Waals surface area contributed by atoms with Crippen molar-refractivity contribution >= 4 is 28.3 Å². The van der Waals surface area contributed by atoms with Crippen molar-refractivity contribution < 1.29 is 24.4 Å². The Labute approximate surface area is 210 Å². The lowest BCUT2D eigenvalue weighted by atomic mass is 9.82. The lowest BCUT2D eigenvalue weighted by Crippen LogP contribution is -2.60. The summed E-state index contributed by atoms with van der Waals surface area (Å²) in [5, 5.41) is 27.3. The highest BCUT2D eigenvalue weighted by Gasteiger charge is 2.73. The third-order valence-corrected chi connectivity index (χ3v) is 7.17. The number of ketones is 1. The van der Waals surface area contributed by atoms with E-state index < -0.39 is 33.6 Å². The van der Waals surface area contributed by atoms with Gasteiger partial charge in [-0.15, -0.1) is 0 Å². The van der Waals surface area contributed by atoms with E-state index in [0.717, 1.165) is 5.56 Å². The number of para-hydroxylation sites is 1. The summed E-state index contributed by atoms with van der Waals surface area (Å²) in [5.74, 6) is -3.57. The molecule has 2 unspecified atom stereocenters. The van der Waals surface area contributed by atoms with E-state index in [9.17, 15) is 24.8 Å². The fourth-order valence-corrected chi connectivity index (χ4v) is 5.29. The number of aliphatic hydroxyl groups is 1. The van der Waals surface area contributed by atoms with Gasteiger partial charge in [-0.3, -0.25) is 24.7 Å². The molecule has 37 heavy (non-hydrogen) atoms. The van der Waals surface area contributed by atoms with Crippen LogP contribution in [0.5, 0.6) is 5.75 Å². The highest BCUT2D eigenvalue weighted by Crippen LogP contribution is 2.59. The van der Waals surface area contributed by atoms with Gasteiger partial charge in [-0.25, -0.2) is 0 Å². The zero-order chi connectivity index (χ0) is 26.1. The predicted molar refractivity (Wildman–Crippen MR) is 133 cm³/mol. The van der Waals surface area contributed by atoms with E-state index >= 15 is 0 Å². The maximum absolute atomic E-state index is 14.1. The molecular formula is C28H21N3O6. The number of pyridine rings is 1. The van der Waals surface area contributed by atoms with Gasteiger partial charge in [-0.05, 0) is 29.7 Å². The molecule has 0 spiro atoms. The summed E-state index contributed by atoms with van der Waals surface area (Å²) in [7, 11) is 0. The Morgan fingerprint density at radius 2 is 1.86 bits per heavy atom. The molecular weight excluding hydrogens is 474 g/mol. The molecule has 184 valence electrons. The van der Waals surface area contributed by atoms with Crippen LogP contribution in [0.15, 0.2) is 72.9 Å². The van der Waals surface area contributed by atoms with Crippen molar-refractivity contribution in [1.29, 1.82) is 0 Å². The summed E-state index contributed by atoms with van der Waals surface area (Å²) in [5.41, 5.74) is -1.04. The van der Waals surface area contributed by atoms with Gasteiger partial charge < -0.3 is 15.2 Å². The molecule has 0 saturated carbocycles. The average Bonchev–Trinajstić information content (AvgIpc) is 3.25. The molecule has 0 fully saturated rings. The Morgan fingerprint density at radius 3 is 2.62 bits per heavy atom. The van der Waals surface area contributed by atoms with E-state index in [-0.39, 0.29) is 33.9 Å². The molecule has 2 atom stereocenters. The molecule has 9 heteroatoms. The van der Waals surface area contributed by atoms with E-state index in [0.29, 0.717) is 10.9 Å². The molecule has 2 N–H and O–H groups in total. The number of hydrogen-bond acceptors (Lipinski definition) is 7. The minimum Gasteiger partial charge on any atom is -0.454 e. The molecule has 0 saturated heterocycles. The number of hydrogen-bond donors (Lipinski definition) is 2. The number of aromatic nitrogens is 1. The summed E-state index contributed by atoms with van der Waals surface area (Å²) < 4.78 is 6.03. The second kappa shape index (κ2) is 7.68. The summed E-state index contributed by atoms with van der Waals surface area (Å²) in [6.07, 6.45) is 1.38. The van der Waals surface area contributed by atoms with Crippen LogP contribution in [-0.4, -0.2) is 26.7 Å². The second-order valence-electron chi connectivity index (χ2n) is 9.56. The van der Waals surface area contributed by atoms with Crippen LogP contribution in [0.4, 0.5) is 5.69 Å². The van der Waals surface area contributed by atoms with Crippen LogP contribution in [0.2, 0.25) is 0 Å². The van der Waals surface area contributed by atoms with E-state index in [4.69, 9.17) is 4.74 Å². The molecule has 2 heterocycles. The second-order valence-corrected chi connectivity index (χ2v) is 9.56. The van der Waals surface area contributed by atoms with Crippen LogP contribution in [0.1, 0.15) is 57.2 Å². The van der Waals surface area contributed by atoms with Gasteiger partial charge in [0.05, 0.1) is 16.0 Å². The highest BCUT2D eigenvalue weighted by atomic mass is 16.6. The van der Waals surface area contributed by atoms with Gasteiger partial charge in [0.1, 0.15) is 11.3 Å². The van der Waals surface area contributed by atoms with Crippen LogP contribution in [-0.2, 0) is 11.3 Å². The third kappa shape index (κ3) is 2.98. The predicted octanol–water partition coefficient (Wildman–Crippen LogP) is 4.33. The van der Waals surface area contributed by atoms with E-state index in [1.165, 1.54) is 24.4 Å². The summed E-state index contributed by atoms with van der Waals surface area (Å²) in [6, 6.07) is 18.0. The van der Waals surface area contributed by atoms with Crippen molar-refractivity contribution in [2.24, 2.45) is 0 Å². The van der Waals surface area contributed by atoms with E-state index in [2.05, 4.69) is 10.3 Å². The number of benzene rings is 3. The van der Waals surface area contributed by atoms with Crippen molar-refractivity contribution in [3.8, 4) is 5.75 Å². The Kier molecular flexibility index (Phi) is 4.74. The molecule has 1 aliphatic carbocycles. The number of nitro benzene ring substituents is 1. The van der Waals surface area contributed by atoms with Gasteiger partial charge >= 0.3 is 0 Å². The Balaban J connectivity index is 1.56. The fraction of sp³-hybridized carbons (Fsp3) is 0.179. The number of Topliss-reactive ketones (excluding diaryl/α,β-unsaturated/α-hetero) is 1. The number of ether oxygens (including phenoxy) is 1. The van der Waals surface area contributed by atoms with Crippen molar-refractivity contribution in [3.63, 3.8) is 0 Å². The van der Waals surface area contributed by atoms with Crippen molar-refractivity contribution in [2.45, 2.75) is 31.1 Å². The molecule has 0 radical (unpaired) electrons. The minimum atomic E-state index is -2.40. The van der Waals surface area contributed by atoms with Gasteiger partial charge in [0, 0.05) is 28.8 Å². The number of rotatable bonds is 4. The molecule has 1 aromatic heterocycles. The van der Waals surface area contributed by atoms with Crippen LogP contribution in [0, 0.1) is 10.1 Å². The quantitative estimate of drug-likeness (QED) is 0.318. The first kappa shape index (κ1) is 22.8. The number of nitrogens with zero attached hydrogens (tertiary/aromatic N) is 2. The minimum absolute atomic E-state index is 0.0778. The first-order valence-corrected chi connectivity index (χ1v) is 11.7. The Hall–Kier alpha value is -4.63. The number of nitro groups is 1. The first-order valence-electron chi connectivity index (χ1n) is 11.7. The van der Waals surface area contributed by atoms with E-state index in [1.54, 1.807) is 36.4 Å². The molecule has 6 rings (SSSR count). The van der Waals surface area contributed by atoms with Gasteiger partial charge in [0.15, 0.2) is 0 Å². The molecule has 4 aromatic rings. The van der Waals surface area contributed by atoms with Crippen LogP contribution in [0.25, 0.3) is 10.9 Å². The zero-order valence-corrected chi connectivity index (χ0v) is 19.9. The number of carbonyl (C=O) groups is 2. The smallest absolute Gasteiger partial charge is 0.280 e. The van der Waals surface area contributed by atoms with Gasteiger partial charge in [-0.2, -0.15) is 0 Å². The van der Waals surface area contributed by atoms with Crippen molar-refractivity contribution in [2.75, 3.05) is 0 Å². The molecule has 0 bridgehead atoms. The van der Waals surface area contributed by atoms with Crippen LogP contribution < -0.4 is 10.1 Å². The first-order chi connectivity index (χ1) is 17.7. The lowest BCUT2D eigenvalue weighted by molar-refractivity contribution is -0.385. The fourth-order valence-electron chi connectivity index (χ4n) is 5.29. The highest BCUT2D eigenvalue weighted by molar-refractivity contribution is 6.15. The summed E-state index contributed by atoms with van der Waals surface area (Å²) >= 11 is 0. The Morgan fingerprint density at radius 1 is 1.08 bits per heavy atom. The number of carbonyl (C=O) groups excluding carboxylic acids is 2. The van der Waals surface area contributed by atoms with Crippen molar-refractivity contribution in [1.82, 2.24) is 10.3 Å². The molecule has 2 aliphatic rings. The summed E-state index contributed by atoms with van der Waals surface area (Å²) in [6.45, 7) is 3.97. The topological polar surface area (TPSA) is 132 Å². The molecule has 1 aliphatic heterocycles. The van der Waals surface area contributed by atoms with Gasteiger partial charge in [0.2, 0.25) is 11.3 Å².